The normalized spacial score (nSPS) is 15.6. The van der Waals surface area contributed by atoms with E-state index >= 15 is 0 Å². The van der Waals surface area contributed by atoms with Gasteiger partial charge in [-0.25, -0.2) is 13.1 Å². The summed E-state index contributed by atoms with van der Waals surface area (Å²) in [6, 6.07) is 5.91. The quantitative estimate of drug-likeness (QED) is 0.637. The van der Waals surface area contributed by atoms with Crippen LogP contribution in [0, 0.1) is 5.92 Å². The molecule has 8 heteroatoms. The number of benzene rings is 1. The number of hydrogen-bond donors (Lipinski definition) is 3. The summed E-state index contributed by atoms with van der Waals surface area (Å²) in [7, 11) is -3.64. The van der Waals surface area contributed by atoms with Gasteiger partial charge in [0.2, 0.25) is 21.8 Å². The molecule has 0 aromatic heterocycles. The molecule has 1 aromatic rings. The topological polar surface area (TPSA) is 104 Å². The number of nitrogens with one attached hydrogen (secondary N) is 3. The van der Waals surface area contributed by atoms with Crippen molar-refractivity contribution >= 4 is 27.5 Å². The van der Waals surface area contributed by atoms with Crippen LogP contribution in [0.1, 0.15) is 39.0 Å². The number of anilines is 1. The molecular weight excluding hydrogens is 342 g/mol. The first-order valence-electron chi connectivity index (χ1n) is 8.53. The Morgan fingerprint density at radius 1 is 1.04 bits per heavy atom. The van der Waals surface area contributed by atoms with Gasteiger partial charge in [-0.15, -0.1) is 0 Å². The second-order valence-electron chi connectivity index (χ2n) is 6.23. The molecule has 2 rings (SSSR count). The van der Waals surface area contributed by atoms with Crippen molar-refractivity contribution in [2.24, 2.45) is 5.92 Å². The largest absolute Gasteiger partial charge is 0.355 e. The Morgan fingerprint density at radius 3 is 2.28 bits per heavy atom. The Bertz CT molecular complexity index is 695. The van der Waals surface area contributed by atoms with Crippen LogP contribution in [0.25, 0.3) is 0 Å². The van der Waals surface area contributed by atoms with Crippen LogP contribution in [-0.4, -0.2) is 33.3 Å². The van der Waals surface area contributed by atoms with Gasteiger partial charge in [-0.1, -0.05) is 19.3 Å². The van der Waals surface area contributed by atoms with E-state index in [1.165, 1.54) is 37.6 Å². The Morgan fingerprint density at radius 2 is 1.68 bits per heavy atom. The molecule has 1 saturated carbocycles. The number of sulfonamides is 1. The molecule has 138 valence electrons. The lowest BCUT2D eigenvalue weighted by molar-refractivity contribution is -0.125. The van der Waals surface area contributed by atoms with Gasteiger partial charge in [0, 0.05) is 31.6 Å². The molecule has 25 heavy (non-hydrogen) atoms. The molecule has 1 aliphatic rings. The van der Waals surface area contributed by atoms with Crippen LogP contribution >= 0.6 is 0 Å². The molecule has 0 heterocycles. The monoisotopic (exact) mass is 367 g/mol. The Labute approximate surface area is 148 Å². The standard InChI is InChI=1S/C17H25N3O4S/c1-13(21)20-15-7-9-16(10-8-15)25(23,24)19-12-11-18-17(22)14-5-3-2-4-6-14/h7-10,14,19H,2-6,11-12H2,1H3,(H,18,22)(H,20,21). The summed E-state index contributed by atoms with van der Waals surface area (Å²) in [5, 5.41) is 5.37. The van der Waals surface area contributed by atoms with Gasteiger partial charge in [-0.05, 0) is 37.1 Å². The Hall–Kier alpha value is -1.93. The van der Waals surface area contributed by atoms with Gasteiger partial charge in [0.15, 0.2) is 0 Å². The number of carbonyl (C=O) groups is 2. The highest BCUT2D eigenvalue weighted by Gasteiger charge is 2.20. The fourth-order valence-corrected chi connectivity index (χ4v) is 3.92. The predicted molar refractivity (Wildman–Crippen MR) is 95.5 cm³/mol. The third-order valence-corrected chi connectivity index (χ3v) is 5.65. The minimum Gasteiger partial charge on any atom is -0.355 e. The first kappa shape index (κ1) is 19.4. The maximum Gasteiger partial charge on any atom is 0.240 e. The Kier molecular flexibility index (Phi) is 6.95. The highest BCUT2D eigenvalue weighted by atomic mass is 32.2. The molecule has 0 saturated heterocycles. The third-order valence-electron chi connectivity index (χ3n) is 4.18. The summed E-state index contributed by atoms with van der Waals surface area (Å²) in [6.07, 6.45) is 5.18. The molecule has 0 unspecified atom stereocenters. The minimum atomic E-state index is -3.64. The molecule has 2 amide bonds. The number of hydrogen-bond acceptors (Lipinski definition) is 4. The fraction of sp³-hybridized carbons (Fsp3) is 0.529. The average molecular weight is 367 g/mol. The van der Waals surface area contributed by atoms with Crippen LogP contribution < -0.4 is 15.4 Å². The molecular formula is C17H25N3O4S. The van der Waals surface area contributed by atoms with E-state index in [4.69, 9.17) is 0 Å². The molecule has 7 nitrogen and oxygen atoms in total. The second kappa shape index (κ2) is 8.96. The molecule has 1 aliphatic carbocycles. The molecule has 3 N–H and O–H groups in total. The van der Waals surface area contributed by atoms with E-state index in [0.29, 0.717) is 5.69 Å². The molecule has 0 spiro atoms. The lowest BCUT2D eigenvalue weighted by Gasteiger charge is -2.20. The van der Waals surface area contributed by atoms with Crippen LogP contribution in [0.2, 0.25) is 0 Å². The lowest BCUT2D eigenvalue weighted by atomic mass is 9.89. The maximum atomic E-state index is 12.2. The zero-order valence-electron chi connectivity index (χ0n) is 14.4. The zero-order valence-corrected chi connectivity index (χ0v) is 15.2. The van der Waals surface area contributed by atoms with E-state index in [9.17, 15) is 18.0 Å². The lowest BCUT2D eigenvalue weighted by Crippen LogP contribution is -2.38. The minimum absolute atomic E-state index is 0.0126. The molecule has 0 radical (unpaired) electrons. The van der Waals surface area contributed by atoms with Crippen LogP contribution in [-0.2, 0) is 19.6 Å². The highest BCUT2D eigenvalue weighted by Crippen LogP contribution is 2.23. The molecule has 1 fully saturated rings. The average Bonchev–Trinajstić information content (AvgIpc) is 2.59. The van der Waals surface area contributed by atoms with Crippen molar-refractivity contribution in [2.75, 3.05) is 18.4 Å². The molecule has 0 atom stereocenters. The Balaban J connectivity index is 1.78. The van der Waals surface area contributed by atoms with Crippen LogP contribution in [0.4, 0.5) is 5.69 Å². The van der Waals surface area contributed by atoms with Crippen LogP contribution in [0.5, 0.6) is 0 Å². The van der Waals surface area contributed by atoms with E-state index < -0.39 is 10.0 Å². The summed E-state index contributed by atoms with van der Waals surface area (Å²) in [5.74, 6) is -0.146. The third kappa shape index (κ3) is 6.13. The zero-order chi connectivity index (χ0) is 18.3. The number of carbonyl (C=O) groups excluding carboxylic acids is 2. The van der Waals surface area contributed by atoms with Crippen molar-refractivity contribution in [1.82, 2.24) is 10.0 Å². The van der Waals surface area contributed by atoms with Gasteiger partial charge in [0.25, 0.3) is 0 Å². The summed E-state index contributed by atoms with van der Waals surface area (Å²) in [6.45, 7) is 1.78. The van der Waals surface area contributed by atoms with Gasteiger partial charge >= 0.3 is 0 Å². The smallest absolute Gasteiger partial charge is 0.240 e. The van der Waals surface area contributed by atoms with E-state index in [-0.39, 0.29) is 35.7 Å². The van der Waals surface area contributed by atoms with Gasteiger partial charge in [0.1, 0.15) is 0 Å². The van der Waals surface area contributed by atoms with Crippen molar-refractivity contribution in [3.63, 3.8) is 0 Å². The SMILES string of the molecule is CC(=O)Nc1ccc(S(=O)(=O)NCCNC(=O)C2CCCCC2)cc1. The predicted octanol–water partition coefficient (Wildman–Crippen LogP) is 1.62. The van der Waals surface area contributed by atoms with Crippen molar-refractivity contribution in [3.05, 3.63) is 24.3 Å². The molecule has 1 aromatic carbocycles. The number of rotatable bonds is 7. The second-order valence-corrected chi connectivity index (χ2v) is 8.00. The summed E-state index contributed by atoms with van der Waals surface area (Å²) in [5.41, 5.74) is 0.534. The van der Waals surface area contributed by atoms with Crippen molar-refractivity contribution < 1.29 is 18.0 Å². The van der Waals surface area contributed by atoms with Gasteiger partial charge in [-0.3, -0.25) is 9.59 Å². The summed E-state index contributed by atoms with van der Waals surface area (Å²) >= 11 is 0. The van der Waals surface area contributed by atoms with Crippen molar-refractivity contribution in [1.29, 1.82) is 0 Å². The van der Waals surface area contributed by atoms with Crippen LogP contribution in [0.15, 0.2) is 29.2 Å². The fourth-order valence-electron chi connectivity index (χ4n) is 2.88. The number of amides is 2. The van der Waals surface area contributed by atoms with Crippen molar-refractivity contribution in [3.8, 4) is 0 Å². The molecule has 0 aliphatic heterocycles. The van der Waals surface area contributed by atoms with E-state index in [1.807, 2.05) is 0 Å². The van der Waals surface area contributed by atoms with Gasteiger partial charge in [-0.2, -0.15) is 0 Å². The van der Waals surface area contributed by atoms with E-state index in [2.05, 4.69) is 15.4 Å². The maximum absolute atomic E-state index is 12.2. The summed E-state index contributed by atoms with van der Waals surface area (Å²) in [4.78, 5) is 23.1. The van der Waals surface area contributed by atoms with Gasteiger partial charge in [0.05, 0.1) is 4.90 Å². The highest BCUT2D eigenvalue weighted by molar-refractivity contribution is 7.89. The first-order valence-corrected chi connectivity index (χ1v) is 10.0. The molecule has 0 bridgehead atoms. The van der Waals surface area contributed by atoms with Crippen molar-refractivity contribution in [2.45, 2.75) is 43.9 Å². The van der Waals surface area contributed by atoms with E-state index in [1.54, 1.807) is 0 Å². The van der Waals surface area contributed by atoms with Gasteiger partial charge < -0.3 is 10.6 Å². The first-order chi connectivity index (χ1) is 11.9. The van der Waals surface area contributed by atoms with Crippen LogP contribution in [0.3, 0.4) is 0 Å². The summed E-state index contributed by atoms with van der Waals surface area (Å²) < 4.78 is 26.9. The van der Waals surface area contributed by atoms with E-state index in [0.717, 1.165) is 25.7 Å².